The topological polar surface area (TPSA) is 99.8 Å². The molecular formula is C22H27N5O3S. The number of aromatic nitrogens is 1. The number of sulfonamides is 1. The second kappa shape index (κ2) is 9.76. The third-order valence-electron chi connectivity index (χ3n) is 4.67. The molecule has 3 rings (SSSR count). The predicted molar refractivity (Wildman–Crippen MR) is 121 cm³/mol. The number of hydrogen-bond donors (Lipinski definition) is 2. The summed E-state index contributed by atoms with van der Waals surface area (Å²) in [6, 6.07) is 14.8. The molecule has 3 aromatic rings. The van der Waals surface area contributed by atoms with E-state index in [9.17, 15) is 8.42 Å². The normalized spacial score (nSPS) is 12.2. The Labute approximate surface area is 183 Å². The second-order valence-electron chi connectivity index (χ2n) is 7.22. The molecule has 2 aromatic carbocycles. The third-order valence-corrected chi connectivity index (χ3v) is 6.50. The monoisotopic (exact) mass is 441 g/mol. The Morgan fingerprint density at radius 3 is 2.29 bits per heavy atom. The lowest BCUT2D eigenvalue weighted by molar-refractivity contribution is 0.520. The number of aliphatic imine (C=N–C) groups is 1. The average Bonchev–Trinajstić information content (AvgIpc) is 3.23. The van der Waals surface area contributed by atoms with Gasteiger partial charge in [-0.3, -0.25) is 4.99 Å². The van der Waals surface area contributed by atoms with Crippen LogP contribution in [0.15, 0.2) is 69.1 Å². The molecule has 0 radical (unpaired) electrons. The number of benzene rings is 2. The number of nitrogens with one attached hydrogen (secondary N) is 2. The average molecular weight is 442 g/mol. The van der Waals surface area contributed by atoms with Gasteiger partial charge in [-0.25, -0.2) is 17.7 Å². The zero-order chi connectivity index (χ0) is 22.4. The molecule has 164 valence electrons. The summed E-state index contributed by atoms with van der Waals surface area (Å²) < 4.78 is 31.1. The minimum atomic E-state index is -3.43. The van der Waals surface area contributed by atoms with Gasteiger partial charge in [0.15, 0.2) is 5.96 Å². The zero-order valence-corrected chi connectivity index (χ0v) is 18.9. The van der Waals surface area contributed by atoms with E-state index >= 15 is 0 Å². The van der Waals surface area contributed by atoms with Crippen molar-refractivity contribution >= 4 is 16.0 Å². The summed E-state index contributed by atoms with van der Waals surface area (Å²) in [6.45, 7) is 2.98. The van der Waals surface area contributed by atoms with E-state index in [2.05, 4.69) is 20.6 Å². The quantitative estimate of drug-likeness (QED) is 0.432. The number of oxazole rings is 1. The molecule has 1 aromatic heterocycles. The van der Waals surface area contributed by atoms with Gasteiger partial charge in [0.2, 0.25) is 15.9 Å². The van der Waals surface area contributed by atoms with Crippen LogP contribution >= 0.6 is 0 Å². The SMILES string of the molecule is CN=C(NCc1ccc(S(=O)(=O)N(C)C)cc1)NCc1coc(-c2ccc(C)cc2)n1. The highest BCUT2D eigenvalue weighted by molar-refractivity contribution is 7.89. The van der Waals surface area contributed by atoms with Crippen molar-refractivity contribution in [3.05, 3.63) is 71.6 Å². The van der Waals surface area contributed by atoms with Crippen LogP contribution in [-0.2, 0) is 23.1 Å². The molecule has 0 bridgehead atoms. The maximum atomic E-state index is 12.2. The third kappa shape index (κ3) is 5.71. The Morgan fingerprint density at radius 1 is 1.03 bits per heavy atom. The molecule has 0 unspecified atom stereocenters. The molecule has 0 aliphatic carbocycles. The van der Waals surface area contributed by atoms with Crippen molar-refractivity contribution in [2.45, 2.75) is 24.9 Å². The summed E-state index contributed by atoms with van der Waals surface area (Å²) in [4.78, 5) is 8.98. The molecule has 0 fully saturated rings. The van der Waals surface area contributed by atoms with E-state index < -0.39 is 10.0 Å². The van der Waals surface area contributed by atoms with E-state index in [1.807, 2.05) is 31.2 Å². The second-order valence-corrected chi connectivity index (χ2v) is 9.37. The first kappa shape index (κ1) is 22.5. The molecule has 0 atom stereocenters. The minimum absolute atomic E-state index is 0.263. The number of guanidine groups is 1. The van der Waals surface area contributed by atoms with Gasteiger partial charge in [0.1, 0.15) is 6.26 Å². The Morgan fingerprint density at radius 2 is 1.68 bits per heavy atom. The maximum Gasteiger partial charge on any atom is 0.242 e. The first-order valence-corrected chi connectivity index (χ1v) is 11.2. The number of hydrogen-bond acceptors (Lipinski definition) is 5. The first-order chi connectivity index (χ1) is 14.8. The van der Waals surface area contributed by atoms with Crippen molar-refractivity contribution in [2.24, 2.45) is 4.99 Å². The highest BCUT2D eigenvalue weighted by atomic mass is 32.2. The Hall–Kier alpha value is -3.17. The predicted octanol–water partition coefficient (Wildman–Crippen LogP) is 2.77. The van der Waals surface area contributed by atoms with Crippen LogP contribution in [0.25, 0.3) is 11.5 Å². The Bertz CT molecular complexity index is 1130. The smallest absolute Gasteiger partial charge is 0.242 e. The van der Waals surface area contributed by atoms with Crippen molar-refractivity contribution in [1.29, 1.82) is 0 Å². The largest absolute Gasteiger partial charge is 0.444 e. The molecule has 1 heterocycles. The van der Waals surface area contributed by atoms with Crippen LogP contribution in [0.2, 0.25) is 0 Å². The molecule has 0 saturated heterocycles. The van der Waals surface area contributed by atoms with E-state index in [1.165, 1.54) is 24.0 Å². The van der Waals surface area contributed by atoms with E-state index in [-0.39, 0.29) is 4.90 Å². The fourth-order valence-electron chi connectivity index (χ4n) is 2.79. The summed E-state index contributed by atoms with van der Waals surface area (Å²) in [6.07, 6.45) is 1.62. The summed E-state index contributed by atoms with van der Waals surface area (Å²) >= 11 is 0. The Kier molecular flexibility index (Phi) is 7.09. The number of aryl methyl sites for hydroxylation is 1. The molecule has 0 spiro atoms. The van der Waals surface area contributed by atoms with E-state index in [1.54, 1.807) is 37.6 Å². The number of nitrogens with zero attached hydrogens (tertiary/aromatic N) is 3. The fraction of sp³-hybridized carbons (Fsp3) is 0.273. The van der Waals surface area contributed by atoms with Crippen LogP contribution < -0.4 is 10.6 Å². The zero-order valence-electron chi connectivity index (χ0n) is 18.1. The van der Waals surface area contributed by atoms with E-state index in [0.29, 0.717) is 24.9 Å². The van der Waals surface area contributed by atoms with E-state index in [0.717, 1.165) is 16.8 Å². The van der Waals surface area contributed by atoms with Gasteiger partial charge in [0, 0.05) is 33.3 Å². The maximum absolute atomic E-state index is 12.2. The molecule has 0 aliphatic heterocycles. The van der Waals surface area contributed by atoms with E-state index in [4.69, 9.17) is 4.42 Å². The van der Waals surface area contributed by atoms with Crippen molar-refractivity contribution in [2.75, 3.05) is 21.1 Å². The molecule has 0 saturated carbocycles. The van der Waals surface area contributed by atoms with Crippen LogP contribution in [0.1, 0.15) is 16.8 Å². The molecule has 9 heteroatoms. The van der Waals surface area contributed by atoms with Crippen molar-refractivity contribution < 1.29 is 12.8 Å². The van der Waals surface area contributed by atoms with Gasteiger partial charge in [-0.05, 0) is 36.8 Å². The van der Waals surface area contributed by atoms with Crippen molar-refractivity contribution in [3.63, 3.8) is 0 Å². The van der Waals surface area contributed by atoms with Gasteiger partial charge in [0.05, 0.1) is 17.1 Å². The summed E-state index contributed by atoms with van der Waals surface area (Å²) in [7, 11) is 1.28. The summed E-state index contributed by atoms with van der Waals surface area (Å²) in [5.74, 6) is 1.18. The lowest BCUT2D eigenvalue weighted by Crippen LogP contribution is -2.36. The molecule has 0 aliphatic rings. The molecule has 2 N–H and O–H groups in total. The minimum Gasteiger partial charge on any atom is -0.444 e. The molecule has 31 heavy (non-hydrogen) atoms. The summed E-state index contributed by atoms with van der Waals surface area (Å²) in [5.41, 5.74) is 3.81. The fourth-order valence-corrected chi connectivity index (χ4v) is 3.69. The van der Waals surface area contributed by atoms with Gasteiger partial charge in [-0.15, -0.1) is 0 Å². The van der Waals surface area contributed by atoms with Crippen molar-refractivity contribution in [3.8, 4) is 11.5 Å². The number of rotatable bonds is 7. The standard InChI is InChI=1S/C22H27N5O3S/c1-16-5-9-18(10-6-16)21-26-19(15-30-21)14-25-22(23-2)24-13-17-7-11-20(12-8-17)31(28,29)27(3)4/h5-12,15H,13-14H2,1-4H3,(H2,23,24,25). The van der Waals surface area contributed by atoms with Gasteiger partial charge >= 0.3 is 0 Å². The summed E-state index contributed by atoms with van der Waals surface area (Å²) in [5, 5.41) is 6.40. The Balaban J connectivity index is 1.54. The molecule has 0 amide bonds. The van der Waals surface area contributed by atoms with Crippen LogP contribution in [0.3, 0.4) is 0 Å². The highest BCUT2D eigenvalue weighted by Crippen LogP contribution is 2.19. The first-order valence-electron chi connectivity index (χ1n) is 9.77. The van der Waals surface area contributed by atoms with Crippen LogP contribution in [0, 0.1) is 6.92 Å². The van der Waals surface area contributed by atoms with Gasteiger partial charge < -0.3 is 15.1 Å². The lowest BCUT2D eigenvalue weighted by Gasteiger charge is -2.13. The van der Waals surface area contributed by atoms with Gasteiger partial charge in [0.25, 0.3) is 0 Å². The van der Waals surface area contributed by atoms with Crippen molar-refractivity contribution in [1.82, 2.24) is 19.9 Å². The molecular weight excluding hydrogens is 414 g/mol. The van der Waals surface area contributed by atoms with Gasteiger partial charge in [-0.2, -0.15) is 0 Å². The lowest BCUT2D eigenvalue weighted by atomic mass is 10.1. The van der Waals surface area contributed by atoms with Crippen LogP contribution in [0.5, 0.6) is 0 Å². The van der Waals surface area contributed by atoms with Crippen LogP contribution in [0.4, 0.5) is 0 Å². The molecule has 8 nitrogen and oxygen atoms in total. The van der Waals surface area contributed by atoms with Gasteiger partial charge in [-0.1, -0.05) is 29.8 Å². The highest BCUT2D eigenvalue weighted by Gasteiger charge is 2.16. The van der Waals surface area contributed by atoms with Crippen LogP contribution in [-0.4, -0.2) is 44.8 Å².